The number of pyridine rings is 1. The van der Waals surface area contributed by atoms with Crippen LogP contribution in [0.3, 0.4) is 0 Å². The minimum absolute atomic E-state index is 0.0727. The average Bonchev–Trinajstić information content (AvgIpc) is 2.74. The third-order valence-corrected chi connectivity index (χ3v) is 4.76. The molecule has 0 fully saturated rings. The summed E-state index contributed by atoms with van der Waals surface area (Å²) in [6.07, 6.45) is 3.53. The molecule has 0 aliphatic heterocycles. The molecule has 1 N–H and O–H groups in total. The minimum Gasteiger partial charge on any atom is -0.488 e. The molecule has 0 saturated heterocycles. The number of anilines is 1. The van der Waals surface area contributed by atoms with Crippen LogP contribution in [0.4, 0.5) is 5.69 Å². The predicted molar refractivity (Wildman–Crippen MR) is 117 cm³/mol. The van der Waals surface area contributed by atoms with Crippen molar-refractivity contribution in [3.05, 3.63) is 89.2 Å². The number of hydrogen-bond donors (Lipinski definition) is 1. The number of aryl methyl sites for hydroxylation is 2. The van der Waals surface area contributed by atoms with Gasteiger partial charge in [-0.2, -0.15) is 0 Å². The molecule has 0 atom stereocenters. The second-order valence-electron chi connectivity index (χ2n) is 7.10. The van der Waals surface area contributed by atoms with Gasteiger partial charge in [-0.05, 0) is 55.3 Å². The molecule has 1 amide bonds. The van der Waals surface area contributed by atoms with Gasteiger partial charge in [0.05, 0.1) is 0 Å². The Labute approximate surface area is 172 Å². The van der Waals surface area contributed by atoms with Crippen molar-refractivity contribution in [1.29, 1.82) is 0 Å². The summed E-state index contributed by atoms with van der Waals surface area (Å²) in [6, 6.07) is 17.7. The number of benzene rings is 2. The van der Waals surface area contributed by atoms with Gasteiger partial charge in [0, 0.05) is 49.3 Å². The molecule has 1 heterocycles. The van der Waals surface area contributed by atoms with Crippen molar-refractivity contribution >= 4 is 11.6 Å². The lowest BCUT2D eigenvalue weighted by atomic mass is 10.0. The maximum atomic E-state index is 12.6. The first kappa shape index (κ1) is 20.4. The summed E-state index contributed by atoms with van der Waals surface area (Å²) in [7, 11) is 2.02. The Morgan fingerprint density at radius 2 is 1.79 bits per heavy atom. The highest BCUT2D eigenvalue weighted by atomic mass is 16.5. The van der Waals surface area contributed by atoms with Crippen LogP contribution in [0.5, 0.6) is 5.75 Å². The Balaban J connectivity index is 1.56. The van der Waals surface area contributed by atoms with Crippen molar-refractivity contribution in [1.82, 2.24) is 10.3 Å². The number of hydrogen-bond acceptors (Lipinski definition) is 4. The van der Waals surface area contributed by atoms with Gasteiger partial charge in [0.25, 0.3) is 5.91 Å². The van der Waals surface area contributed by atoms with E-state index in [0.717, 1.165) is 34.7 Å². The summed E-state index contributed by atoms with van der Waals surface area (Å²) in [5.41, 5.74) is 4.68. The van der Waals surface area contributed by atoms with Crippen LogP contribution in [-0.2, 0) is 6.61 Å². The van der Waals surface area contributed by atoms with E-state index in [-0.39, 0.29) is 5.91 Å². The fourth-order valence-electron chi connectivity index (χ4n) is 3.20. The van der Waals surface area contributed by atoms with E-state index >= 15 is 0 Å². The van der Waals surface area contributed by atoms with Crippen molar-refractivity contribution in [2.24, 2.45) is 0 Å². The minimum atomic E-state index is -0.0727. The normalized spacial score (nSPS) is 10.4. The number of ether oxygens (including phenoxy) is 1. The van der Waals surface area contributed by atoms with Gasteiger partial charge in [-0.1, -0.05) is 24.3 Å². The van der Waals surface area contributed by atoms with Crippen molar-refractivity contribution in [3.8, 4) is 5.75 Å². The molecule has 1 aromatic heterocycles. The van der Waals surface area contributed by atoms with Gasteiger partial charge in [0.15, 0.2) is 0 Å². The monoisotopic (exact) mass is 389 g/mol. The third-order valence-electron chi connectivity index (χ3n) is 4.76. The first-order valence-electron chi connectivity index (χ1n) is 9.72. The molecule has 5 heteroatoms. The average molecular weight is 389 g/mol. The first-order valence-corrected chi connectivity index (χ1v) is 9.72. The van der Waals surface area contributed by atoms with Crippen molar-refractivity contribution < 1.29 is 9.53 Å². The van der Waals surface area contributed by atoms with Crippen molar-refractivity contribution in [3.63, 3.8) is 0 Å². The summed E-state index contributed by atoms with van der Waals surface area (Å²) < 4.78 is 5.97. The smallest absolute Gasteiger partial charge is 0.251 e. The van der Waals surface area contributed by atoms with Crippen LogP contribution >= 0.6 is 0 Å². The molecule has 0 spiro atoms. The fourth-order valence-corrected chi connectivity index (χ4v) is 3.20. The molecule has 29 heavy (non-hydrogen) atoms. The Hall–Kier alpha value is -3.34. The Morgan fingerprint density at radius 3 is 2.45 bits per heavy atom. The van der Waals surface area contributed by atoms with Crippen LogP contribution in [-0.4, -0.2) is 31.0 Å². The van der Waals surface area contributed by atoms with E-state index in [2.05, 4.69) is 27.3 Å². The van der Waals surface area contributed by atoms with Gasteiger partial charge in [-0.15, -0.1) is 0 Å². The van der Waals surface area contributed by atoms with Gasteiger partial charge >= 0.3 is 0 Å². The molecule has 0 saturated carbocycles. The Kier molecular flexibility index (Phi) is 6.85. The molecule has 0 unspecified atom stereocenters. The maximum Gasteiger partial charge on any atom is 0.251 e. The number of likely N-dealkylation sites (N-methyl/N-ethyl adjacent to an activating group) is 1. The van der Waals surface area contributed by atoms with Crippen LogP contribution in [0.25, 0.3) is 0 Å². The molecule has 3 aromatic rings. The van der Waals surface area contributed by atoms with E-state index in [1.54, 1.807) is 12.4 Å². The van der Waals surface area contributed by atoms with Crippen LogP contribution in [0, 0.1) is 13.8 Å². The summed E-state index contributed by atoms with van der Waals surface area (Å²) >= 11 is 0. The predicted octanol–water partition coefficient (Wildman–Crippen LogP) is 4.14. The van der Waals surface area contributed by atoms with Crippen LogP contribution in [0.1, 0.15) is 27.0 Å². The fraction of sp³-hybridized carbons (Fsp3) is 0.250. The number of aromatic nitrogens is 1. The molecular formula is C24H27N3O2. The van der Waals surface area contributed by atoms with E-state index in [1.807, 2.05) is 63.4 Å². The number of carbonyl (C=O) groups excluding carboxylic acids is 1. The number of carbonyl (C=O) groups is 1. The lowest BCUT2D eigenvalue weighted by Crippen LogP contribution is -2.33. The molecular weight excluding hydrogens is 362 g/mol. The zero-order valence-corrected chi connectivity index (χ0v) is 17.2. The van der Waals surface area contributed by atoms with E-state index in [9.17, 15) is 4.79 Å². The summed E-state index contributed by atoms with van der Waals surface area (Å²) in [6.45, 7) is 5.69. The lowest BCUT2D eigenvalue weighted by Gasteiger charge is -2.19. The molecule has 0 radical (unpaired) electrons. The van der Waals surface area contributed by atoms with Gasteiger partial charge < -0.3 is 15.0 Å². The van der Waals surface area contributed by atoms with Crippen LogP contribution in [0.2, 0.25) is 0 Å². The van der Waals surface area contributed by atoms with Crippen molar-refractivity contribution in [2.75, 3.05) is 25.0 Å². The largest absolute Gasteiger partial charge is 0.488 e. The zero-order valence-electron chi connectivity index (χ0n) is 17.2. The summed E-state index contributed by atoms with van der Waals surface area (Å²) in [5.74, 6) is 0.741. The van der Waals surface area contributed by atoms with E-state index < -0.39 is 0 Å². The van der Waals surface area contributed by atoms with Gasteiger partial charge in [0.2, 0.25) is 0 Å². The number of rotatable bonds is 8. The maximum absolute atomic E-state index is 12.6. The van der Waals surface area contributed by atoms with Gasteiger partial charge in [-0.3, -0.25) is 9.78 Å². The van der Waals surface area contributed by atoms with E-state index in [4.69, 9.17) is 4.74 Å². The molecule has 0 bridgehead atoms. The second kappa shape index (κ2) is 9.73. The molecule has 150 valence electrons. The third kappa shape index (κ3) is 5.57. The van der Waals surface area contributed by atoms with E-state index in [1.165, 1.54) is 0 Å². The second-order valence-corrected chi connectivity index (χ2v) is 7.10. The highest BCUT2D eigenvalue weighted by Crippen LogP contribution is 2.25. The molecule has 2 aromatic carbocycles. The highest BCUT2D eigenvalue weighted by Gasteiger charge is 2.12. The number of para-hydroxylation sites is 1. The number of amides is 1. The highest BCUT2D eigenvalue weighted by molar-refractivity contribution is 5.94. The SMILES string of the molecule is Cc1cc(C(=O)NCCN(C)c2ccccc2)cc(C)c1OCc1cccnc1. The van der Waals surface area contributed by atoms with Crippen LogP contribution < -0.4 is 15.0 Å². The first-order chi connectivity index (χ1) is 14.0. The van der Waals surface area contributed by atoms with Crippen molar-refractivity contribution in [2.45, 2.75) is 20.5 Å². The Bertz CT molecular complexity index is 920. The topological polar surface area (TPSA) is 54.5 Å². The molecule has 3 rings (SSSR count). The quantitative estimate of drug-likeness (QED) is 0.629. The number of nitrogens with zero attached hydrogens (tertiary/aromatic N) is 2. The Morgan fingerprint density at radius 1 is 1.07 bits per heavy atom. The van der Waals surface area contributed by atoms with Gasteiger partial charge in [-0.25, -0.2) is 0 Å². The van der Waals surface area contributed by atoms with Gasteiger partial charge in [0.1, 0.15) is 12.4 Å². The summed E-state index contributed by atoms with van der Waals surface area (Å²) in [5, 5.41) is 3.00. The standard InChI is InChI=1S/C24H27N3O2/c1-18-14-21(15-19(2)23(18)29-17-20-8-7-11-25-16-20)24(28)26-12-13-27(3)22-9-5-4-6-10-22/h4-11,14-16H,12-13,17H2,1-3H3,(H,26,28). The van der Waals surface area contributed by atoms with Crippen LogP contribution in [0.15, 0.2) is 67.0 Å². The summed E-state index contributed by atoms with van der Waals surface area (Å²) in [4.78, 5) is 18.8. The van der Waals surface area contributed by atoms with E-state index in [0.29, 0.717) is 18.7 Å². The zero-order chi connectivity index (χ0) is 20.6. The lowest BCUT2D eigenvalue weighted by molar-refractivity contribution is 0.0954. The molecule has 0 aliphatic rings. The molecule has 0 aliphatic carbocycles. The number of nitrogens with one attached hydrogen (secondary N) is 1. The molecule has 5 nitrogen and oxygen atoms in total.